The Hall–Kier alpha value is -1.88. The van der Waals surface area contributed by atoms with Gasteiger partial charge < -0.3 is 9.15 Å². The standard InChI is InChI=1S/C31H43NO4/c1-30-14-12-23(36-29(34)19-32-16-4-3-5-17-32)18-22(30)7-8-24-26-10-9-25(21-6-11-28(33)35-20-21)31(26,2)15-13-27(24)30/h6,10-11,20,22-25,27H,3-5,7-9,12-19H2,1-2H3. The van der Waals surface area contributed by atoms with E-state index < -0.39 is 0 Å². The van der Waals surface area contributed by atoms with Gasteiger partial charge in [0.2, 0.25) is 0 Å². The van der Waals surface area contributed by atoms with Crippen LogP contribution in [0.4, 0.5) is 0 Å². The van der Waals surface area contributed by atoms with Crippen molar-refractivity contribution in [2.75, 3.05) is 19.6 Å². The molecule has 3 saturated carbocycles. The molecule has 0 spiro atoms. The zero-order valence-corrected chi connectivity index (χ0v) is 22.2. The highest BCUT2D eigenvalue weighted by atomic mass is 16.5. The molecule has 1 aliphatic heterocycles. The van der Waals surface area contributed by atoms with Gasteiger partial charge in [0, 0.05) is 6.07 Å². The smallest absolute Gasteiger partial charge is 0.335 e. The van der Waals surface area contributed by atoms with Gasteiger partial charge in [-0.25, -0.2) is 4.79 Å². The number of hydrogen-bond donors (Lipinski definition) is 0. The van der Waals surface area contributed by atoms with Crippen molar-refractivity contribution in [2.45, 2.75) is 96.5 Å². The number of likely N-dealkylation sites (tertiary alicyclic amines) is 1. The van der Waals surface area contributed by atoms with Crippen LogP contribution in [-0.4, -0.2) is 36.6 Å². The third kappa shape index (κ3) is 4.19. The van der Waals surface area contributed by atoms with Crippen LogP contribution in [0.2, 0.25) is 0 Å². The number of hydrogen-bond acceptors (Lipinski definition) is 5. The van der Waals surface area contributed by atoms with Crippen molar-refractivity contribution in [3.05, 3.63) is 46.0 Å². The lowest BCUT2D eigenvalue weighted by Gasteiger charge is -2.59. The highest BCUT2D eigenvalue weighted by Gasteiger charge is 2.58. The lowest BCUT2D eigenvalue weighted by molar-refractivity contribution is -0.159. The number of esters is 1. The largest absolute Gasteiger partial charge is 0.461 e. The number of piperidine rings is 1. The van der Waals surface area contributed by atoms with Crippen molar-refractivity contribution in [3.63, 3.8) is 0 Å². The lowest BCUT2D eigenvalue weighted by atomic mass is 9.46. The topological polar surface area (TPSA) is 59.8 Å². The van der Waals surface area contributed by atoms with Gasteiger partial charge >= 0.3 is 11.6 Å². The number of nitrogens with zero attached hydrogens (tertiary/aromatic N) is 1. The summed E-state index contributed by atoms with van der Waals surface area (Å²) in [6.07, 6.45) is 17.3. The fraction of sp³-hybridized carbons (Fsp3) is 0.742. The first kappa shape index (κ1) is 24.5. The Bertz CT molecular complexity index is 1050. The molecule has 7 atom stereocenters. The predicted molar refractivity (Wildman–Crippen MR) is 140 cm³/mol. The van der Waals surface area contributed by atoms with Gasteiger partial charge in [0.15, 0.2) is 0 Å². The predicted octanol–water partition coefficient (Wildman–Crippen LogP) is 6.08. The molecule has 0 aromatic carbocycles. The molecule has 4 fully saturated rings. The van der Waals surface area contributed by atoms with Crippen molar-refractivity contribution in [1.82, 2.24) is 4.90 Å². The maximum absolute atomic E-state index is 12.7. The van der Waals surface area contributed by atoms with Crippen LogP contribution in [0.15, 0.2) is 39.3 Å². The number of ether oxygens (including phenoxy) is 1. The van der Waals surface area contributed by atoms with Crippen LogP contribution in [0.25, 0.3) is 0 Å². The number of fused-ring (bicyclic) bond motifs is 5. The Balaban J connectivity index is 1.11. The number of allylic oxidation sites excluding steroid dienone is 2. The van der Waals surface area contributed by atoms with Crippen LogP contribution < -0.4 is 5.63 Å². The van der Waals surface area contributed by atoms with E-state index in [1.807, 2.05) is 6.07 Å². The molecule has 4 aliphatic carbocycles. The Morgan fingerprint density at radius 1 is 1.08 bits per heavy atom. The van der Waals surface area contributed by atoms with Crippen LogP contribution in [0.1, 0.15) is 96.0 Å². The summed E-state index contributed by atoms with van der Waals surface area (Å²) in [5, 5.41) is 0. The minimum Gasteiger partial charge on any atom is -0.461 e. The molecule has 2 heterocycles. The van der Waals surface area contributed by atoms with E-state index in [0.29, 0.717) is 29.7 Å². The summed E-state index contributed by atoms with van der Waals surface area (Å²) in [6, 6.07) is 3.56. The molecule has 1 aromatic rings. The SMILES string of the molecule is CC12CCC3C(CCC4CC(OC(=O)CN5CCCCC5)CCC43C)C1=CCC2c1ccc(=O)oc1. The number of rotatable bonds is 4. The van der Waals surface area contributed by atoms with Crippen molar-refractivity contribution in [1.29, 1.82) is 0 Å². The molecule has 1 saturated heterocycles. The van der Waals surface area contributed by atoms with E-state index in [-0.39, 0.29) is 23.1 Å². The Kier molecular flexibility index (Phi) is 6.42. The lowest BCUT2D eigenvalue weighted by Crippen LogP contribution is -2.52. The van der Waals surface area contributed by atoms with Gasteiger partial charge in [-0.3, -0.25) is 9.69 Å². The molecule has 5 aliphatic rings. The quantitative estimate of drug-likeness (QED) is 0.376. The molecule has 196 valence electrons. The van der Waals surface area contributed by atoms with E-state index in [1.54, 1.807) is 17.9 Å². The monoisotopic (exact) mass is 493 g/mol. The zero-order chi connectivity index (χ0) is 24.9. The molecule has 5 nitrogen and oxygen atoms in total. The number of carbonyl (C=O) groups excluding carboxylic acids is 1. The Morgan fingerprint density at radius 3 is 2.69 bits per heavy atom. The molecule has 0 N–H and O–H groups in total. The summed E-state index contributed by atoms with van der Waals surface area (Å²) in [4.78, 5) is 26.5. The first-order valence-electron chi connectivity index (χ1n) is 14.6. The van der Waals surface area contributed by atoms with Gasteiger partial charge in [-0.05, 0) is 123 Å². The maximum Gasteiger partial charge on any atom is 0.335 e. The first-order chi connectivity index (χ1) is 17.4. The van der Waals surface area contributed by atoms with Crippen LogP contribution in [0.3, 0.4) is 0 Å². The highest BCUT2D eigenvalue weighted by molar-refractivity contribution is 5.71. The summed E-state index contributed by atoms with van der Waals surface area (Å²) >= 11 is 0. The van der Waals surface area contributed by atoms with E-state index in [0.717, 1.165) is 38.3 Å². The van der Waals surface area contributed by atoms with E-state index in [2.05, 4.69) is 24.8 Å². The van der Waals surface area contributed by atoms with E-state index in [9.17, 15) is 9.59 Å². The second-order valence-corrected chi connectivity index (χ2v) is 13.0. The molecule has 7 unspecified atom stereocenters. The molecular formula is C31H43NO4. The van der Waals surface area contributed by atoms with E-state index in [4.69, 9.17) is 9.15 Å². The minimum atomic E-state index is -0.266. The summed E-state index contributed by atoms with van der Waals surface area (Å²) < 4.78 is 11.3. The molecule has 0 bridgehead atoms. The van der Waals surface area contributed by atoms with Crippen molar-refractivity contribution in [2.24, 2.45) is 28.6 Å². The van der Waals surface area contributed by atoms with Gasteiger partial charge in [0.25, 0.3) is 0 Å². The summed E-state index contributed by atoms with van der Waals surface area (Å²) in [5.74, 6) is 2.47. The number of carbonyl (C=O) groups is 1. The van der Waals surface area contributed by atoms with Gasteiger partial charge in [0.1, 0.15) is 6.10 Å². The Morgan fingerprint density at radius 2 is 1.92 bits per heavy atom. The van der Waals surface area contributed by atoms with Crippen LogP contribution in [-0.2, 0) is 9.53 Å². The van der Waals surface area contributed by atoms with Gasteiger partial charge in [-0.15, -0.1) is 0 Å². The van der Waals surface area contributed by atoms with E-state index in [1.165, 1.54) is 56.9 Å². The molecular weight excluding hydrogens is 450 g/mol. The average molecular weight is 494 g/mol. The molecule has 0 amide bonds. The van der Waals surface area contributed by atoms with E-state index >= 15 is 0 Å². The van der Waals surface area contributed by atoms with Crippen LogP contribution in [0, 0.1) is 28.6 Å². The summed E-state index contributed by atoms with van der Waals surface area (Å²) in [6.45, 7) is 7.57. The Labute approximate surface area is 215 Å². The normalized spacial score (nSPS) is 40.5. The van der Waals surface area contributed by atoms with Crippen molar-refractivity contribution < 1.29 is 13.9 Å². The third-order valence-corrected chi connectivity index (χ3v) is 11.2. The average Bonchev–Trinajstić information content (AvgIpc) is 3.22. The summed E-state index contributed by atoms with van der Waals surface area (Å²) in [7, 11) is 0. The van der Waals surface area contributed by atoms with Gasteiger partial charge in [-0.1, -0.05) is 31.9 Å². The molecule has 0 radical (unpaired) electrons. The second-order valence-electron chi connectivity index (χ2n) is 13.0. The fourth-order valence-electron chi connectivity index (χ4n) is 9.25. The zero-order valence-electron chi connectivity index (χ0n) is 22.2. The third-order valence-electron chi connectivity index (χ3n) is 11.2. The second kappa shape index (κ2) is 9.45. The summed E-state index contributed by atoms with van der Waals surface area (Å²) in [5.41, 5.74) is 3.11. The molecule has 1 aromatic heterocycles. The molecule has 36 heavy (non-hydrogen) atoms. The van der Waals surface area contributed by atoms with Gasteiger partial charge in [-0.2, -0.15) is 0 Å². The first-order valence-corrected chi connectivity index (χ1v) is 14.6. The highest BCUT2D eigenvalue weighted by Crippen LogP contribution is 2.67. The fourth-order valence-corrected chi connectivity index (χ4v) is 9.25. The minimum absolute atomic E-state index is 0.00785. The maximum atomic E-state index is 12.7. The molecule has 5 heteroatoms. The van der Waals surface area contributed by atoms with Crippen LogP contribution >= 0.6 is 0 Å². The van der Waals surface area contributed by atoms with Gasteiger partial charge in [0.05, 0.1) is 12.8 Å². The van der Waals surface area contributed by atoms with Crippen molar-refractivity contribution >= 4 is 5.97 Å². The van der Waals surface area contributed by atoms with Crippen LogP contribution in [0.5, 0.6) is 0 Å². The molecule has 6 rings (SSSR count). The van der Waals surface area contributed by atoms with Crippen molar-refractivity contribution in [3.8, 4) is 0 Å².